The van der Waals surface area contributed by atoms with Gasteiger partial charge in [0.2, 0.25) is 0 Å². The summed E-state index contributed by atoms with van der Waals surface area (Å²) in [6.45, 7) is 2.50. The van der Waals surface area contributed by atoms with Crippen LogP contribution < -0.4 is 5.32 Å². The number of halogens is 1. The van der Waals surface area contributed by atoms with Crippen molar-refractivity contribution >= 4 is 11.7 Å². The van der Waals surface area contributed by atoms with Crippen molar-refractivity contribution in [1.82, 2.24) is 0 Å². The third-order valence-electron chi connectivity index (χ3n) is 2.43. The van der Waals surface area contributed by atoms with E-state index in [1.165, 1.54) is 12.1 Å². The van der Waals surface area contributed by atoms with Crippen LogP contribution in [0.1, 0.15) is 23.7 Å². The minimum atomic E-state index is -1.27. The summed E-state index contributed by atoms with van der Waals surface area (Å²) in [7, 11) is 1.60. The molecule has 4 nitrogen and oxygen atoms in total. The molecule has 0 aromatic heterocycles. The number of nitrogens with one attached hydrogen (secondary N) is 1. The van der Waals surface area contributed by atoms with Gasteiger partial charge in [-0.3, -0.25) is 0 Å². The van der Waals surface area contributed by atoms with E-state index in [0.29, 0.717) is 12.3 Å². The monoisotopic (exact) mass is 241 g/mol. The number of methoxy groups -OCH3 is 1. The first kappa shape index (κ1) is 13.4. The zero-order chi connectivity index (χ0) is 12.8. The van der Waals surface area contributed by atoms with Crippen LogP contribution >= 0.6 is 0 Å². The van der Waals surface area contributed by atoms with E-state index in [0.717, 1.165) is 6.42 Å². The molecule has 17 heavy (non-hydrogen) atoms. The molecular weight excluding hydrogens is 225 g/mol. The van der Waals surface area contributed by atoms with Gasteiger partial charge in [-0.2, -0.15) is 0 Å². The second kappa shape index (κ2) is 6.20. The molecule has 0 fully saturated rings. The van der Waals surface area contributed by atoms with E-state index in [-0.39, 0.29) is 11.6 Å². The molecule has 0 spiro atoms. The Morgan fingerprint density at radius 2 is 2.29 bits per heavy atom. The SMILES string of the molecule is CCC(COC)Nc1ccc(C(=O)O)c(F)c1. The maximum absolute atomic E-state index is 13.4. The molecule has 0 aliphatic heterocycles. The Morgan fingerprint density at radius 3 is 2.76 bits per heavy atom. The third kappa shape index (κ3) is 3.71. The van der Waals surface area contributed by atoms with Crippen LogP contribution in [0.5, 0.6) is 0 Å². The van der Waals surface area contributed by atoms with Crippen LogP contribution in [0, 0.1) is 5.82 Å². The maximum atomic E-state index is 13.4. The average molecular weight is 241 g/mol. The van der Waals surface area contributed by atoms with Crippen molar-refractivity contribution < 1.29 is 19.0 Å². The lowest BCUT2D eigenvalue weighted by molar-refractivity contribution is 0.0692. The first-order valence-corrected chi connectivity index (χ1v) is 5.36. The smallest absolute Gasteiger partial charge is 0.338 e. The summed E-state index contributed by atoms with van der Waals surface area (Å²) in [5.74, 6) is -2.01. The van der Waals surface area contributed by atoms with Gasteiger partial charge in [0.05, 0.1) is 12.2 Å². The largest absolute Gasteiger partial charge is 0.478 e. The van der Waals surface area contributed by atoms with Crippen molar-refractivity contribution in [3.8, 4) is 0 Å². The first-order chi connectivity index (χ1) is 8.08. The van der Waals surface area contributed by atoms with Crippen LogP contribution in [0.4, 0.5) is 10.1 Å². The summed E-state index contributed by atoms with van der Waals surface area (Å²) in [6, 6.07) is 4.06. The van der Waals surface area contributed by atoms with Gasteiger partial charge in [0, 0.05) is 18.8 Å². The molecule has 0 aliphatic carbocycles. The van der Waals surface area contributed by atoms with Gasteiger partial charge in [0.1, 0.15) is 5.82 Å². The molecule has 0 saturated carbocycles. The van der Waals surface area contributed by atoms with Crippen molar-refractivity contribution in [2.75, 3.05) is 19.0 Å². The van der Waals surface area contributed by atoms with E-state index in [1.54, 1.807) is 13.2 Å². The van der Waals surface area contributed by atoms with E-state index in [9.17, 15) is 9.18 Å². The summed E-state index contributed by atoms with van der Waals surface area (Å²) in [4.78, 5) is 10.6. The topological polar surface area (TPSA) is 58.6 Å². The predicted octanol–water partition coefficient (Wildman–Crippen LogP) is 2.36. The Kier molecular flexibility index (Phi) is 4.90. The molecule has 0 aliphatic rings. The summed E-state index contributed by atoms with van der Waals surface area (Å²) < 4.78 is 18.4. The summed E-state index contributed by atoms with van der Waals surface area (Å²) in [6.07, 6.45) is 0.830. The number of rotatable bonds is 6. The summed E-state index contributed by atoms with van der Waals surface area (Å²) >= 11 is 0. The van der Waals surface area contributed by atoms with Gasteiger partial charge in [-0.15, -0.1) is 0 Å². The van der Waals surface area contributed by atoms with E-state index in [4.69, 9.17) is 9.84 Å². The van der Waals surface area contributed by atoms with Gasteiger partial charge < -0.3 is 15.2 Å². The second-order valence-corrected chi connectivity index (χ2v) is 3.70. The summed E-state index contributed by atoms with van der Waals surface area (Å²) in [5.41, 5.74) is 0.228. The third-order valence-corrected chi connectivity index (χ3v) is 2.43. The number of carboxylic acid groups (broad SMARTS) is 1. The molecule has 1 unspecified atom stereocenters. The molecule has 1 atom stereocenters. The highest BCUT2D eigenvalue weighted by Crippen LogP contribution is 2.16. The van der Waals surface area contributed by atoms with Gasteiger partial charge >= 0.3 is 5.97 Å². The lowest BCUT2D eigenvalue weighted by atomic mass is 10.1. The second-order valence-electron chi connectivity index (χ2n) is 3.70. The Hall–Kier alpha value is -1.62. The number of hydrogen-bond acceptors (Lipinski definition) is 3. The Balaban J connectivity index is 2.79. The number of carboxylic acids is 1. The van der Waals surface area contributed by atoms with E-state index < -0.39 is 11.8 Å². The molecule has 0 saturated heterocycles. The molecule has 1 aromatic rings. The molecule has 0 radical (unpaired) electrons. The van der Waals surface area contributed by atoms with Crippen LogP contribution in [0.15, 0.2) is 18.2 Å². The molecule has 0 bridgehead atoms. The van der Waals surface area contributed by atoms with Crippen molar-refractivity contribution in [2.45, 2.75) is 19.4 Å². The van der Waals surface area contributed by atoms with E-state index in [2.05, 4.69) is 5.32 Å². The zero-order valence-electron chi connectivity index (χ0n) is 9.87. The highest BCUT2D eigenvalue weighted by molar-refractivity contribution is 5.88. The van der Waals surface area contributed by atoms with Gasteiger partial charge in [-0.1, -0.05) is 6.92 Å². The fourth-order valence-corrected chi connectivity index (χ4v) is 1.48. The van der Waals surface area contributed by atoms with Crippen LogP contribution in [0.2, 0.25) is 0 Å². The van der Waals surface area contributed by atoms with Crippen molar-refractivity contribution in [2.24, 2.45) is 0 Å². The standard InChI is InChI=1S/C12H16FNO3/c1-3-8(7-17-2)14-9-4-5-10(12(15)16)11(13)6-9/h4-6,8,14H,3,7H2,1-2H3,(H,15,16). The molecular formula is C12H16FNO3. The minimum Gasteiger partial charge on any atom is -0.478 e. The number of benzene rings is 1. The van der Waals surface area contributed by atoms with Crippen LogP contribution in [-0.4, -0.2) is 30.8 Å². The fraction of sp³-hybridized carbons (Fsp3) is 0.417. The molecule has 0 amide bonds. The normalized spacial score (nSPS) is 12.2. The quantitative estimate of drug-likeness (QED) is 0.802. The molecule has 5 heteroatoms. The van der Waals surface area contributed by atoms with Crippen molar-refractivity contribution in [3.05, 3.63) is 29.6 Å². The molecule has 1 aromatic carbocycles. The lowest BCUT2D eigenvalue weighted by Crippen LogP contribution is -2.24. The number of carbonyl (C=O) groups is 1. The van der Waals surface area contributed by atoms with E-state index >= 15 is 0 Å². The van der Waals surface area contributed by atoms with Crippen molar-refractivity contribution in [1.29, 1.82) is 0 Å². The Morgan fingerprint density at radius 1 is 1.59 bits per heavy atom. The molecule has 0 heterocycles. The van der Waals surface area contributed by atoms with Crippen molar-refractivity contribution in [3.63, 3.8) is 0 Å². The average Bonchev–Trinajstić information content (AvgIpc) is 2.28. The Bertz CT molecular complexity index is 395. The van der Waals surface area contributed by atoms with Gasteiger partial charge in [-0.05, 0) is 24.6 Å². The number of ether oxygens (including phenoxy) is 1. The highest BCUT2D eigenvalue weighted by atomic mass is 19.1. The lowest BCUT2D eigenvalue weighted by Gasteiger charge is -2.17. The summed E-state index contributed by atoms with van der Waals surface area (Å²) in [5, 5.41) is 11.8. The zero-order valence-corrected chi connectivity index (χ0v) is 9.87. The van der Waals surface area contributed by atoms with Crippen LogP contribution in [0.3, 0.4) is 0 Å². The van der Waals surface area contributed by atoms with Gasteiger partial charge in [0.25, 0.3) is 0 Å². The van der Waals surface area contributed by atoms with Crippen LogP contribution in [0.25, 0.3) is 0 Å². The first-order valence-electron chi connectivity index (χ1n) is 5.36. The highest BCUT2D eigenvalue weighted by Gasteiger charge is 2.12. The number of anilines is 1. The minimum absolute atomic E-state index is 0.0788. The maximum Gasteiger partial charge on any atom is 0.338 e. The fourth-order valence-electron chi connectivity index (χ4n) is 1.48. The van der Waals surface area contributed by atoms with Gasteiger partial charge in [-0.25, -0.2) is 9.18 Å². The van der Waals surface area contributed by atoms with Crippen LogP contribution in [-0.2, 0) is 4.74 Å². The number of hydrogen-bond donors (Lipinski definition) is 2. The van der Waals surface area contributed by atoms with E-state index in [1.807, 2.05) is 6.92 Å². The molecule has 2 N–H and O–H groups in total. The molecule has 1 rings (SSSR count). The number of aromatic carboxylic acids is 1. The predicted molar refractivity (Wildman–Crippen MR) is 62.9 cm³/mol. The Labute approximate surface area is 99.4 Å². The molecule has 94 valence electrons. The van der Waals surface area contributed by atoms with Gasteiger partial charge in [0.15, 0.2) is 0 Å².